The number of anilines is 1. The summed E-state index contributed by atoms with van der Waals surface area (Å²) in [5.74, 6) is 1.09. The van der Waals surface area contributed by atoms with Gasteiger partial charge >= 0.3 is 5.97 Å². The number of rotatable bonds is 5. The minimum Gasteiger partial charge on any atom is -0.463 e. The summed E-state index contributed by atoms with van der Waals surface area (Å²) in [5.41, 5.74) is 2.07. The lowest BCUT2D eigenvalue weighted by Gasteiger charge is -2.28. The zero-order valence-electron chi connectivity index (χ0n) is 14.2. The van der Waals surface area contributed by atoms with Crippen LogP contribution in [0.25, 0.3) is 0 Å². The van der Waals surface area contributed by atoms with E-state index in [0.29, 0.717) is 34.0 Å². The molecule has 8 heteroatoms. The van der Waals surface area contributed by atoms with Crippen LogP contribution in [0.5, 0.6) is 0 Å². The second-order valence-electron chi connectivity index (χ2n) is 5.44. The Labute approximate surface area is 155 Å². The first kappa shape index (κ1) is 17.8. The number of benzene rings is 1. The number of halogens is 1. The Kier molecular flexibility index (Phi) is 5.34. The van der Waals surface area contributed by atoms with Crippen molar-refractivity contribution in [3.05, 3.63) is 46.1 Å². The average Bonchev–Trinajstić information content (AvgIpc) is 2.96. The van der Waals surface area contributed by atoms with Crippen molar-refractivity contribution in [3.8, 4) is 0 Å². The van der Waals surface area contributed by atoms with Crippen LogP contribution in [0.1, 0.15) is 32.4 Å². The molecule has 0 saturated carbocycles. The van der Waals surface area contributed by atoms with Crippen LogP contribution in [0.4, 0.5) is 5.95 Å². The number of allylic oxidation sites excluding steroid dienone is 1. The zero-order chi connectivity index (χ0) is 18.0. The second-order valence-corrected chi connectivity index (χ2v) is 7.10. The SMILES string of the molecule is CCOC(=O)C1=C(C)Nc2nc(SCC)nn2C1c1cccc(Cl)c1. The number of thioether (sulfide) groups is 1. The van der Waals surface area contributed by atoms with E-state index in [1.807, 2.05) is 32.0 Å². The van der Waals surface area contributed by atoms with Gasteiger partial charge in [-0.05, 0) is 37.3 Å². The van der Waals surface area contributed by atoms with Crippen LogP contribution in [-0.4, -0.2) is 33.1 Å². The molecule has 1 unspecified atom stereocenters. The number of ether oxygens (including phenoxy) is 1. The topological polar surface area (TPSA) is 69.0 Å². The number of nitrogens with zero attached hydrogens (tertiary/aromatic N) is 3. The minimum atomic E-state index is -0.437. The average molecular weight is 379 g/mol. The molecule has 0 saturated heterocycles. The molecule has 1 aromatic heterocycles. The highest BCUT2D eigenvalue weighted by Crippen LogP contribution is 2.37. The van der Waals surface area contributed by atoms with Gasteiger partial charge in [-0.25, -0.2) is 9.48 Å². The lowest BCUT2D eigenvalue weighted by Crippen LogP contribution is -2.29. The fourth-order valence-electron chi connectivity index (χ4n) is 2.78. The first-order valence-electron chi connectivity index (χ1n) is 8.04. The first-order valence-corrected chi connectivity index (χ1v) is 9.41. The van der Waals surface area contributed by atoms with E-state index in [1.54, 1.807) is 29.4 Å². The molecule has 1 aromatic carbocycles. The molecule has 0 amide bonds. The summed E-state index contributed by atoms with van der Waals surface area (Å²) in [5, 5.41) is 9.00. The van der Waals surface area contributed by atoms with Crippen molar-refractivity contribution in [1.82, 2.24) is 14.8 Å². The number of carbonyl (C=O) groups is 1. The quantitative estimate of drug-likeness (QED) is 0.628. The molecular formula is C17H19ClN4O2S. The molecule has 3 rings (SSSR count). The van der Waals surface area contributed by atoms with Gasteiger partial charge in [0.15, 0.2) is 0 Å². The molecule has 0 spiro atoms. The van der Waals surface area contributed by atoms with E-state index in [0.717, 1.165) is 11.3 Å². The van der Waals surface area contributed by atoms with Gasteiger partial charge < -0.3 is 10.1 Å². The Morgan fingerprint density at radius 3 is 2.92 bits per heavy atom. The molecule has 0 aliphatic carbocycles. The van der Waals surface area contributed by atoms with Gasteiger partial charge in [0.1, 0.15) is 6.04 Å². The molecule has 1 aliphatic heterocycles. The highest BCUT2D eigenvalue weighted by molar-refractivity contribution is 7.99. The summed E-state index contributed by atoms with van der Waals surface area (Å²) in [6, 6.07) is 6.98. The fourth-order valence-corrected chi connectivity index (χ4v) is 3.53. The van der Waals surface area contributed by atoms with Crippen molar-refractivity contribution in [2.24, 2.45) is 0 Å². The second kappa shape index (κ2) is 7.49. The molecule has 0 radical (unpaired) electrons. The summed E-state index contributed by atoms with van der Waals surface area (Å²) in [7, 11) is 0. The minimum absolute atomic E-state index is 0.305. The van der Waals surface area contributed by atoms with Crippen molar-refractivity contribution >= 4 is 35.3 Å². The Morgan fingerprint density at radius 2 is 2.24 bits per heavy atom. The maximum Gasteiger partial charge on any atom is 0.338 e. The van der Waals surface area contributed by atoms with E-state index in [9.17, 15) is 4.79 Å². The standard InChI is InChI=1S/C17H19ClN4O2S/c1-4-24-15(23)13-10(3)19-16-20-17(25-5-2)21-22(16)14(13)11-7-6-8-12(18)9-11/h6-9,14H,4-5H2,1-3H3,(H,19,20,21). The van der Waals surface area contributed by atoms with Crippen LogP contribution >= 0.6 is 23.4 Å². The molecule has 25 heavy (non-hydrogen) atoms. The van der Waals surface area contributed by atoms with Crippen molar-refractivity contribution in [2.75, 3.05) is 17.7 Å². The number of carbonyl (C=O) groups excluding carboxylic acids is 1. The zero-order valence-corrected chi connectivity index (χ0v) is 15.8. The predicted octanol–water partition coefficient (Wildman–Crippen LogP) is 3.90. The third-order valence-corrected chi connectivity index (χ3v) is 4.72. The van der Waals surface area contributed by atoms with E-state index in [2.05, 4.69) is 15.4 Å². The Hall–Kier alpha value is -1.99. The van der Waals surface area contributed by atoms with Gasteiger partial charge in [-0.2, -0.15) is 4.98 Å². The smallest absolute Gasteiger partial charge is 0.338 e. The number of esters is 1. The van der Waals surface area contributed by atoms with Crippen molar-refractivity contribution in [3.63, 3.8) is 0 Å². The van der Waals surface area contributed by atoms with Gasteiger partial charge in [-0.1, -0.05) is 42.4 Å². The fraction of sp³-hybridized carbons (Fsp3) is 0.353. The van der Waals surface area contributed by atoms with Gasteiger partial charge in [0.2, 0.25) is 11.1 Å². The van der Waals surface area contributed by atoms with Gasteiger partial charge in [-0.15, -0.1) is 5.10 Å². The van der Waals surface area contributed by atoms with E-state index < -0.39 is 6.04 Å². The molecule has 1 aliphatic rings. The third-order valence-electron chi connectivity index (χ3n) is 3.77. The van der Waals surface area contributed by atoms with E-state index in [1.165, 1.54) is 0 Å². The van der Waals surface area contributed by atoms with E-state index in [-0.39, 0.29) is 5.97 Å². The Morgan fingerprint density at radius 1 is 1.44 bits per heavy atom. The molecule has 132 valence electrons. The van der Waals surface area contributed by atoms with E-state index >= 15 is 0 Å². The molecule has 0 fully saturated rings. The summed E-state index contributed by atoms with van der Waals surface area (Å²) in [6.45, 7) is 5.98. The van der Waals surface area contributed by atoms with Crippen LogP contribution in [0.15, 0.2) is 40.7 Å². The van der Waals surface area contributed by atoms with Gasteiger partial charge in [0.05, 0.1) is 12.2 Å². The predicted molar refractivity (Wildman–Crippen MR) is 99.0 cm³/mol. The van der Waals surface area contributed by atoms with Gasteiger partial charge in [-0.3, -0.25) is 0 Å². The largest absolute Gasteiger partial charge is 0.463 e. The molecular weight excluding hydrogens is 360 g/mol. The lowest BCUT2D eigenvalue weighted by molar-refractivity contribution is -0.139. The highest BCUT2D eigenvalue weighted by Gasteiger charge is 2.35. The maximum absolute atomic E-state index is 12.6. The summed E-state index contributed by atoms with van der Waals surface area (Å²) < 4.78 is 6.99. The van der Waals surface area contributed by atoms with E-state index in [4.69, 9.17) is 16.3 Å². The molecule has 2 heterocycles. The van der Waals surface area contributed by atoms with Crippen molar-refractivity contribution in [2.45, 2.75) is 32.0 Å². The summed E-state index contributed by atoms with van der Waals surface area (Å²) in [6.07, 6.45) is 0. The monoisotopic (exact) mass is 378 g/mol. The van der Waals surface area contributed by atoms with Crippen molar-refractivity contribution in [1.29, 1.82) is 0 Å². The molecule has 2 aromatic rings. The third kappa shape index (κ3) is 3.52. The Balaban J connectivity index is 2.14. The van der Waals surface area contributed by atoms with Crippen LogP contribution in [0.2, 0.25) is 5.02 Å². The van der Waals surface area contributed by atoms with Gasteiger partial charge in [0.25, 0.3) is 0 Å². The normalized spacial score (nSPS) is 16.4. The highest BCUT2D eigenvalue weighted by atomic mass is 35.5. The number of fused-ring (bicyclic) bond motifs is 1. The maximum atomic E-state index is 12.6. The first-order chi connectivity index (χ1) is 12.0. The lowest BCUT2D eigenvalue weighted by atomic mass is 9.96. The number of nitrogens with one attached hydrogen (secondary N) is 1. The van der Waals surface area contributed by atoms with Crippen LogP contribution in [-0.2, 0) is 9.53 Å². The molecule has 1 atom stereocenters. The van der Waals surface area contributed by atoms with Crippen LogP contribution < -0.4 is 5.32 Å². The Bertz CT molecular complexity index is 834. The molecule has 0 bridgehead atoms. The van der Waals surface area contributed by atoms with Crippen molar-refractivity contribution < 1.29 is 9.53 Å². The summed E-state index contributed by atoms with van der Waals surface area (Å²) >= 11 is 7.72. The van der Waals surface area contributed by atoms with Gasteiger partial charge in [0, 0.05) is 10.7 Å². The number of hydrogen-bond donors (Lipinski definition) is 1. The van der Waals surface area contributed by atoms with Crippen LogP contribution in [0, 0.1) is 0 Å². The molecule has 6 nitrogen and oxygen atoms in total. The number of hydrogen-bond acceptors (Lipinski definition) is 6. The number of aromatic nitrogens is 3. The molecule has 1 N–H and O–H groups in total. The summed E-state index contributed by atoms with van der Waals surface area (Å²) in [4.78, 5) is 17.1. The van der Waals surface area contributed by atoms with Crippen LogP contribution in [0.3, 0.4) is 0 Å².